The maximum atomic E-state index is 5.03. The minimum absolute atomic E-state index is 0.941. The van der Waals surface area contributed by atoms with Crippen LogP contribution in [0.2, 0.25) is 0 Å². The highest BCUT2D eigenvalue weighted by Gasteiger charge is 2.34. The summed E-state index contributed by atoms with van der Waals surface area (Å²) in [5.41, 5.74) is 7.14. The summed E-state index contributed by atoms with van der Waals surface area (Å²) in [5.74, 6) is 0.969. The Labute approximate surface area is 156 Å². The van der Waals surface area contributed by atoms with Crippen molar-refractivity contribution in [3.8, 4) is 0 Å². The lowest BCUT2D eigenvalue weighted by Gasteiger charge is -2.41. The van der Waals surface area contributed by atoms with Crippen LogP contribution in [-0.4, -0.2) is 59.7 Å². The lowest BCUT2D eigenvalue weighted by molar-refractivity contribution is 0.203. The van der Waals surface area contributed by atoms with Gasteiger partial charge < -0.3 is 9.80 Å². The molecule has 1 aromatic carbocycles. The first-order valence-electron chi connectivity index (χ1n) is 9.46. The molecule has 0 atom stereocenters. The van der Waals surface area contributed by atoms with Gasteiger partial charge in [0.05, 0.1) is 11.4 Å². The van der Waals surface area contributed by atoms with Crippen LogP contribution in [0.4, 0.5) is 5.69 Å². The van der Waals surface area contributed by atoms with E-state index < -0.39 is 0 Å². The number of likely N-dealkylation sites (N-methyl/N-ethyl adjacent to an activating group) is 1. The van der Waals surface area contributed by atoms with Gasteiger partial charge in [-0.05, 0) is 43.7 Å². The van der Waals surface area contributed by atoms with Crippen molar-refractivity contribution in [3.63, 3.8) is 0 Å². The van der Waals surface area contributed by atoms with Gasteiger partial charge in [0.25, 0.3) is 0 Å². The van der Waals surface area contributed by atoms with Crippen molar-refractivity contribution in [2.75, 3.05) is 33.2 Å². The van der Waals surface area contributed by atoms with Crippen molar-refractivity contribution in [3.05, 3.63) is 41.5 Å². The molecule has 5 heteroatoms. The highest BCUT2D eigenvalue weighted by molar-refractivity contribution is 6.02. The molecule has 4 rings (SSSR count). The number of nitrogens with zero attached hydrogens (tertiary/aromatic N) is 5. The quantitative estimate of drug-likeness (QED) is 0.815. The Kier molecular flexibility index (Phi) is 4.41. The third kappa shape index (κ3) is 2.86. The predicted octanol–water partition coefficient (Wildman–Crippen LogP) is 3.78. The highest BCUT2D eigenvalue weighted by atomic mass is 15.6. The number of fused-ring (bicyclic) bond motifs is 3. The molecule has 0 aromatic heterocycles. The number of hydrazone groups is 1. The van der Waals surface area contributed by atoms with Gasteiger partial charge in [-0.2, -0.15) is 10.1 Å². The molecule has 0 radical (unpaired) electrons. The van der Waals surface area contributed by atoms with Gasteiger partial charge in [-0.25, -0.2) is 4.99 Å². The number of hydrogen-bond acceptors (Lipinski definition) is 5. The van der Waals surface area contributed by atoms with Gasteiger partial charge in [0.15, 0.2) is 0 Å². The zero-order valence-corrected chi connectivity index (χ0v) is 16.0. The molecular formula is C21H27N5. The highest BCUT2D eigenvalue weighted by Crippen LogP contribution is 2.41. The number of rotatable bonds is 2. The van der Waals surface area contributed by atoms with Crippen LogP contribution in [0.1, 0.15) is 37.8 Å². The smallest absolute Gasteiger partial charge is 0.227 e. The number of piperazine rings is 1. The molecule has 0 bridgehead atoms. The lowest BCUT2D eigenvalue weighted by Crippen LogP contribution is -2.52. The van der Waals surface area contributed by atoms with E-state index in [4.69, 9.17) is 10.1 Å². The second-order valence-electron chi connectivity index (χ2n) is 7.31. The third-order valence-electron chi connectivity index (χ3n) is 5.42. The first kappa shape index (κ1) is 17.0. The molecule has 0 unspecified atom stereocenters. The number of aliphatic imine (C=N–C) groups is 1. The fourth-order valence-corrected chi connectivity index (χ4v) is 3.87. The minimum Gasteiger partial charge on any atom is -0.338 e. The van der Waals surface area contributed by atoms with E-state index in [1.54, 1.807) is 0 Å². The SMILES string of the molecule is C=Cc1ccc2c(c1)C1=C(CC)CC(C)=NN1C(N1CCN(C)CC1)=N2. The largest absolute Gasteiger partial charge is 0.338 e. The average Bonchev–Trinajstić information content (AvgIpc) is 2.66. The summed E-state index contributed by atoms with van der Waals surface area (Å²) in [7, 11) is 2.18. The van der Waals surface area contributed by atoms with E-state index in [1.165, 1.54) is 16.8 Å². The number of hydrogen-bond donors (Lipinski definition) is 0. The number of allylic oxidation sites excluding steroid dienone is 1. The third-order valence-corrected chi connectivity index (χ3v) is 5.42. The summed E-state index contributed by atoms with van der Waals surface area (Å²) in [5, 5.41) is 7.01. The Bertz CT molecular complexity index is 825. The zero-order chi connectivity index (χ0) is 18.3. The predicted molar refractivity (Wildman–Crippen MR) is 109 cm³/mol. The van der Waals surface area contributed by atoms with Crippen LogP contribution in [0.5, 0.6) is 0 Å². The summed E-state index contributed by atoms with van der Waals surface area (Å²) in [6, 6.07) is 6.40. The molecule has 0 aliphatic carbocycles. The molecule has 0 saturated carbocycles. The zero-order valence-electron chi connectivity index (χ0n) is 16.0. The van der Waals surface area contributed by atoms with Crippen molar-refractivity contribution in [1.82, 2.24) is 14.8 Å². The minimum atomic E-state index is 0.941. The first-order chi connectivity index (χ1) is 12.6. The topological polar surface area (TPSA) is 34.4 Å². The Hall–Kier alpha value is -2.40. The van der Waals surface area contributed by atoms with Gasteiger partial charge in [-0.1, -0.05) is 25.6 Å². The van der Waals surface area contributed by atoms with E-state index >= 15 is 0 Å². The van der Waals surface area contributed by atoms with Crippen molar-refractivity contribution >= 4 is 29.1 Å². The maximum Gasteiger partial charge on any atom is 0.227 e. The molecular weight excluding hydrogens is 322 g/mol. The molecule has 1 fully saturated rings. The van der Waals surface area contributed by atoms with Crippen molar-refractivity contribution in [1.29, 1.82) is 0 Å². The monoisotopic (exact) mass is 349 g/mol. The number of benzene rings is 1. The van der Waals surface area contributed by atoms with Crippen LogP contribution in [-0.2, 0) is 0 Å². The van der Waals surface area contributed by atoms with E-state index in [0.717, 1.165) is 61.9 Å². The molecule has 1 saturated heterocycles. The van der Waals surface area contributed by atoms with Crippen LogP contribution in [0.3, 0.4) is 0 Å². The van der Waals surface area contributed by atoms with Gasteiger partial charge >= 0.3 is 0 Å². The summed E-state index contributed by atoms with van der Waals surface area (Å²) in [4.78, 5) is 9.77. The first-order valence-corrected chi connectivity index (χ1v) is 9.46. The molecule has 1 aromatic rings. The summed E-state index contributed by atoms with van der Waals surface area (Å²) < 4.78 is 0. The van der Waals surface area contributed by atoms with Crippen LogP contribution < -0.4 is 0 Å². The lowest BCUT2D eigenvalue weighted by atomic mass is 9.95. The summed E-state index contributed by atoms with van der Waals surface area (Å²) in [6.45, 7) is 12.3. The van der Waals surface area contributed by atoms with Gasteiger partial charge in [0.1, 0.15) is 0 Å². The van der Waals surface area contributed by atoms with E-state index in [0.29, 0.717) is 0 Å². The Balaban J connectivity index is 1.86. The molecule has 0 amide bonds. The Morgan fingerprint density at radius 1 is 1.19 bits per heavy atom. The van der Waals surface area contributed by atoms with Gasteiger partial charge in [-0.15, -0.1) is 0 Å². The molecule has 0 N–H and O–H groups in total. The second kappa shape index (κ2) is 6.72. The van der Waals surface area contributed by atoms with Gasteiger partial charge in [0, 0.05) is 43.9 Å². The maximum absolute atomic E-state index is 5.03. The van der Waals surface area contributed by atoms with Gasteiger partial charge in [0.2, 0.25) is 5.96 Å². The molecule has 3 aliphatic rings. The van der Waals surface area contributed by atoms with Crippen LogP contribution in [0, 0.1) is 0 Å². The normalized spacial score (nSPS) is 20.4. The van der Waals surface area contributed by atoms with Crippen LogP contribution >= 0.6 is 0 Å². The van der Waals surface area contributed by atoms with Crippen molar-refractivity contribution in [2.45, 2.75) is 26.7 Å². The fourth-order valence-electron chi connectivity index (χ4n) is 3.87. The molecule has 0 spiro atoms. The molecule has 3 aliphatic heterocycles. The van der Waals surface area contributed by atoms with E-state index in [9.17, 15) is 0 Å². The van der Waals surface area contributed by atoms with Crippen LogP contribution in [0.25, 0.3) is 11.8 Å². The molecule has 136 valence electrons. The van der Waals surface area contributed by atoms with E-state index in [1.807, 2.05) is 6.08 Å². The average molecular weight is 349 g/mol. The van der Waals surface area contributed by atoms with E-state index in [2.05, 4.69) is 60.5 Å². The van der Waals surface area contributed by atoms with Gasteiger partial charge in [-0.3, -0.25) is 0 Å². The Morgan fingerprint density at radius 2 is 1.96 bits per heavy atom. The molecule has 3 heterocycles. The standard InChI is InChI=1S/C21H27N5/c1-5-16-7-8-19-18(14-16)20-17(6-2)13-15(3)23-26(20)21(22-19)25-11-9-24(4)10-12-25/h5,7-8,14H,1,6,9-13H2,2-4H3. The molecule has 26 heavy (non-hydrogen) atoms. The second-order valence-corrected chi connectivity index (χ2v) is 7.31. The van der Waals surface area contributed by atoms with Crippen LogP contribution in [0.15, 0.2) is 40.4 Å². The summed E-state index contributed by atoms with van der Waals surface area (Å²) >= 11 is 0. The number of guanidine groups is 1. The molecule has 5 nitrogen and oxygen atoms in total. The van der Waals surface area contributed by atoms with Crippen molar-refractivity contribution in [2.24, 2.45) is 10.1 Å². The Morgan fingerprint density at radius 3 is 2.65 bits per heavy atom. The summed E-state index contributed by atoms with van der Waals surface area (Å²) in [6.07, 6.45) is 3.86. The van der Waals surface area contributed by atoms with Crippen molar-refractivity contribution < 1.29 is 0 Å². The van der Waals surface area contributed by atoms with E-state index in [-0.39, 0.29) is 0 Å². The fraction of sp³-hybridized carbons (Fsp3) is 0.429.